The first-order valence-corrected chi connectivity index (χ1v) is 9.03. The van der Waals surface area contributed by atoms with Crippen LogP contribution in [0.25, 0.3) is 0 Å². The molecule has 0 saturated carbocycles. The van der Waals surface area contributed by atoms with E-state index in [1.54, 1.807) is 12.3 Å². The summed E-state index contributed by atoms with van der Waals surface area (Å²) in [6.07, 6.45) is 1.54. The average molecular weight is 370 g/mol. The maximum absolute atomic E-state index is 13.2. The second kappa shape index (κ2) is 7.38. The lowest BCUT2D eigenvalue weighted by atomic mass is 10.3. The molecule has 1 fully saturated rings. The van der Waals surface area contributed by atoms with Crippen molar-refractivity contribution in [1.29, 1.82) is 0 Å². The molecule has 2 aromatic rings. The Kier molecular flexibility index (Phi) is 5.21. The first kappa shape index (κ1) is 17.6. The van der Waals surface area contributed by atoms with Gasteiger partial charge in [0.05, 0.1) is 24.7 Å². The van der Waals surface area contributed by atoms with Crippen molar-refractivity contribution in [3.63, 3.8) is 0 Å². The Hall–Kier alpha value is -2.17. The Morgan fingerprint density at radius 1 is 1.16 bits per heavy atom. The summed E-state index contributed by atoms with van der Waals surface area (Å²) in [5.74, 6) is -1.38. The lowest BCUT2D eigenvalue weighted by Crippen LogP contribution is -2.37. The maximum atomic E-state index is 13.2. The van der Waals surface area contributed by atoms with Crippen LogP contribution in [0.4, 0.5) is 14.6 Å². The third-order valence-corrected chi connectivity index (χ3v) is 5.05. The van der Waals surface area contributed by atoms with E-state index in [2.05, 4.69) is 14.7 Å². The Morgan fingerprint density at radius 3 is 2.64 bits per heavy atom. The number of hydrogen-bond acceptors (Lipinski definition) is 6. The van der Waals surface area contributed by atoms with Crippen molar-refractivity contribution in [2.24, 2.45) is 0 Å². The fraction of sp³-hybridized carbons (Fsp3) is 0.333. The Bertz CT molecular complexity index is 858. The molecule has 0 atom stereocenters. The van der Waals surface area contributed by atoms with E-state index in [-0.39, 0.29) is 17.3 Å². The minimum absolute atomic E-state index is 0.167. The highest BCUT2D eigenvalue weighted by molar-refractivity contribution is 7.89. The van der Waals surface area contributed by atoms with Gasteiger partial charge in [-0.05, 0) is 24.3 Å². The zero-order valence-corrected chi connectivity index (χ0v) is 14.0. The standard InChI is InChI=1S/C15H16F2N4O3S/c16-12-2-1-11(9-13(12)17)25(22,23)19-10-14-18-4-3-15(20-14)21-5-7-24-8-6-21/h1-4,9,19H,5-8,10H2. The number of sulfonamides is 1. The number of halogens is 2. The highest BCUT2D eigenvalue weighted by atomic mass is 32.2. The minimum Gasteiger partial charge on any atom is -0.378 e. The monoisotopic (exact) mass is 370 g/mol. The lowest BCUT2D eigenvalue weighted by molar-refractivity contribution is 0.122. The largest absolute Gasteiger partial charge is 0.378 e. The molecule has 0 aliphatic carbocycles. The fourth-order valence-corrected chi connectivity index (χ4v) is 3.32. The highest BCUT2D eigenvalue weighted by Crippen LogP contribution is 2.15. The molecule has 0 bridgehead atoms. The van der Waals surface area contributed by atoms with Gasteiger partial charge in [-0.15, -0.1) is 0 Å². The second-order valence-electron chi connectivity index (χ2n) is 5.33. The summed E-state index contributed by atoms with van der Waals surface area (Å²) in [7, 11) is -4.01. The summed E-state index contributed by atoms with van der Waals surface area (Å²) in [4.78, 5) is 10.0. The van der Waals surface area contributed by atoms with Crippen LogP contribution < -0.4 is 9.62 Å². The number of morpholine rings is 1. The van der Waals surface area contributed by atoms with Crippen molar-refractivity contribution in [1.82, 2.24) is 14.7 Å². The van der Waals surface area contributed by atoms with Crippen molar-refractivity contribution in [2.45, 2.75) is 11.4 Å². The van der Waals surface area contributed by atoms with Gasteiger partial charge in [0.15, 0.2) is 11.6 Å². The summed E-state index contributed by atoms with van der Waals surface area (Å²) in [6.45, 7) is 2.41. The Morgan fingerprint density at radius 2 is 1.92 bits per heavy atom. The van der Waals surface area contributed by atoms with Gasteiger partial charge in [0.2, 0.25) is 10.0 Å². The quantitative estimate of drug-likeness (QED) is 0.848. The van der Waals surface area contributed by atoms with Gasteiger partial charge in [-0.3, -0.25) is 0 Å². The second-order valence-corrected chi connectivity index (χ2v) is 7.10. The van der Waals surface area contributed by atoms with E-state index in [0.29, 0.717) is 38.2 Å². The van der Waals surface area contributed by atoms with E-state index in [1.807, 2.05) is 4.90 Å². The molecule has 1 aliphatic heterocycles. The summed E-state index contributed by atoms with van der Waals surface area (Å²) >= 11 is 0. The SMILES string of the molecule is O=S(=O)(NCc1nccc(N2CCOCC2)n1)c1ccc(F)c(F)c1. The zero-order valence-electron chi connectivity index (χ0n) is 13.2. The van der Waals surface area contributed by atoms with Crippen molar-refractivity contribution < 1.29 is 21.9 Å². The van der Waals surface area contributed by atoms with Gasteiger partial charge < -0.3 is 9.64 Å². The van der Waals surface area contributed by atoms with E-state index in [9.17, 15) is 17.2 Å². The summed E-state index contributed by atoms with van der Waals surface area (Å²) in [5.41, 5.74) is 0. The topological polar surface area (TPSA) is 84.4 Å². The molecule has 0 spiro atoms. The van der Waals surface area contributed by atoms with Crippen LogP contribution in [0.2, 0.25) is 0 Å². The number of nitrogens with zero attached hydrogens (tertiary/aromatic N) is 3. The van der Waals surface area contributed by atoms with E-state index in [1.165, 1.54) is 0 Å². The van der Waals surface area contributed by atoms with Crippen LogP contribution in [-0.4, -0.2) is 44.7 Å². The molecular weight excluding hydrogens is 354 g/mol. The molecule has 0 amide bonds. The maximum Gasteiger partial charge on any atom is 0.241 e. The molecule has 0 unspecified atom stereocenters. The van der Waals surface area contributed by atoms with Gasteiger partial charge in [-0.2, -0.15) is 0 Å². The van der Waals surface area contributed by atoms with Crippen LogP contribution in [0, 0.1) is 11.6 Å². The Labute approximate surface area is 143 Å². The van der Waals surface area contributed by atoms with Gasteiger partial charge in [0.25, 0.3) is 0 Å². The van der Waals surface area contributed by atoms with Gasteiger partial charge in [0, 0.05) is 19.3 Å². The molecule has 7 nitrogen and oxygen atoms in total. The number of hydrogen-bond donors (Lipinski definition) is 1. The van der Waals surface area contributed by atoms with Crippen LogP contribution in [0.5, 0.6) is 0 Å². The van der Waals surface area contributed by atoms with Crippen LogP contribution >= 0.6 is 0 Å². The number of rotatable bonds is 5. The van der Waals surface area contributed by atoms with E-state index < -0.39 is 21.7 Å². The molecule has 1 aliphatic rings. The molecule has 0 radical (unpaired) electrons. The van der Waals surface area contributed by atoms with Crippen LogP contribution in [0.1, 0.15) is 5.82 Å². The smallest absolute Gasteiger partial charge is 0.241 e. The van der Waals surface area contributed by atoms with Crippen LogP contribution in [-0.2, 0) is 21.3 Å². The summed E-state index contributed by atoms with van der Waals surface area (Å²) in [5, 5.41) is 0. The van der Waals surface area contributed by atoms with Crippen molar-refractivity contribution in [2.75, 3.05) is 31.2 Å². The number of nitrogens with one attached hydrogen (secondary N) is 1. The molecule has 2 heterocycles. The third-order valence-electron chi connectivity index (χ3n) is 3.65. The predicted octanol–water partition coefficient (Wildman–Crippen LogP) is 1.07. The fourth-order valence-electron chi connectivity index (χ4n) is 2.33. The molecular formula is C15H16F2N4O3S. The van der Waals surface area contributed by atoms with Gasteiger partial charge >= 0.3 is 0 Å². The van der Waals surface area contributed by atoms with Crippen molar-refractivity contribution >= 4 is 15.8 Å². The Balaban J connectivity index is 1.71. The third kappa shape index (κ3) is 4.27. The zero-order chi connectivity index (χ0) is 17.9. The van der Waals surface area contributed by atoms with E-state index in [4.69, 9.17) is 4.74 Å². The highest BCUT2D eigenvalue weighted by Gasteiger charge is 2.18. The average Bonchev–Trinajstić information content (AvgIpc) is 2.63. The molecule has 10 heteroatoms. The van der Waals surface area contributed by atoms with Gasteiger partial charge in [0.1, 0.15) is 11.6 Å². The molecule has 1 saturated heterocycles. The predicted molar refractivity (Wildman–Crippen MR) is 85.4 cm³/mol. The van der Waals surface area contributed by atoms with Gasteiger partial charge in [-0.25, -0.2) is 31.9 Å². The lowest BCUT2D eigenvalue weighted by Gasteiger charge is -2.27. The normalized spacial score (nSPS) is 15.4. The molecule has 134 valence electrons. The number of benzene rings is 1. The van der Waals surface area contributed by atoms with Crippen molar-refractivity contribution in [3.8, 4) is 0 Å². The number of ether oxygens (including phenoxy) is 1. The van der Waals surface area contributed by atoms with Crippen LogP contribution in [0.15, 0.2) is 35.4 Å². The van der Waals surface area contributed by atoms with Crippen molar-refractivity contribution in [3.05, 3.63) is 47.9 Å². The molecule has 3 rings (SSSR count). The first-order chi connectivity index (χ1) is 12.0. The van der Waals surface area contributed by atoms with E-state index >= 15 is 0 Å². The number of aromatic nitrogens is 2. The first-order valence-electron chi connectivity index (χ1n) is 7.55. The molecule has 1 N–H and O–H groups in total. The molecule has 1 aromatic carbocycles. The minimum atomic E-state index is -4.01. The van der Waals surface area contributed by atoms with Gasteiger partial charge in [-0.1, -0.05) is 0 Å². The van der Waals surface area contributed by atoms with E-state index in [0.717, 1.165) is 12.1 Å². The van der Waals surface area contributed by atoms with Crippen LogP contribution in [0.3, 0.4) is 0 Å². The summed E-state index contributed by atoms with van der Waals surface area (Å²) < 4.78 is 58.1. The number of anilines is 1. The molecule has 1 aromatic heterocycles. The molecule has 25 heavy (non-hydrogen) atoms. The summed E-state index contributed by atoms with van der Waals surface area (Å²) in [6, 6.07) is 4.12.